The topological polar surface area (TPSA) is 49.3 Å². The minimum atomic E-state index is -0.934. The summed E-state index contributed by atoms with van der Waals surface area (Å²) in [7, 11) is 0. The first-order valence-electron chi connectivity index (χ1n) is 7.46. The van der Waals surface area contributed by atoms with Gasteiger partial charge in [0.05, 0.1) is 5.56 Å². The van der Waals surface area contributed by atoms with E-state index in [2.05, 4.69) is 5.32 Å². The predicted octanol–water partition coefficient (Wildman–Crippen LogP) is 5.51. The Morgan fingerprint density at radius 2 is 1.31 bits per heavy atom. The number of hydrogen-bond acceptors (Lipinski definition) is 2. The van der Waals surface area contributed by atoms with Crippen molar-refractivity contribution in [2.24, 2.45) is 0 Å². The van der Waals surface area contributed by atoms with E-state index in [0.717, 1.165) is 16.2 Å². The molecule has 1 radical (unpaired) electrons. The van der Waals surface area contributed by atoms with E-state index in [1.807, 2.05) is 60.7 Å². The van der Waals surface area contributed by atoms with E-state index >= 15 is 0 Å². The number of thiocarbonyl (C=S) groups is 1. The van der Waals surface area contributed by atoms with Crippen LogP contribution in [0.15, 0.2) is 84.9 Å². The van der Waals surface area contributed by atoms with Crippen LogP contribution in [-0.2, 0) is 17.1 Å². The summed E-state index contributed by atoms with van der Waals surface area (Å²) < 4.78 is 0. The number of hydrogen-bond donors (Lipinski definition) is 2. The molecule has 3 aromatic carbocycles. The minimum absolute atomic E-state index is 0. The maximum absolute atomic E-state index is 10.3. The molecule has 0 bridgehead atoms. The molecule has 0 spiro atoms. The van der Waals surface area contributed by atoms with Crippen molar-refractivity contribution in [3.8, 4) is 0 Å². The zero-order valence-corrected chi connectivity index (χ0v) is 16.0. The molecule has 0 aromatic heterocycles. The number of aromatic carboxylic acids is 1. The van der Waals surface area contributed by atoms with Gasteiger partial charge in [0.1, 0.15) is 4.99 Å². The van der Waals surface area contributed by atoms with E-state index in [4.69, 9.17) is 28.9 Å². The molecule has 0 aliphatic rings. The molecular formula is C20H16ClCuNO2S. The van der Waals surface area contributed by atoms with E-state index in [1.54, 1.807) is 12.1 Å². The molecule has 137 valence electrons. The second-order valence-electron chi connectivity index (χ2n) is 5.00. The summed E-state index contributed by atoms with van der Waals surface area (Å²) in [6, 6.07) is 25.9. The summed E-state index contributed by atoms with van der Waals surface area (Å²) in [5, 5.41) is 12.2. The fourth-order valence-corrected chi connectivity index (χ4v) is 2.29. The average Bonchev–Trinajstić information content (AvgIpc) is 2.64. The van der Waals surface area contributed by atoms with Crippen LogP contribution in [-0.4, -0.2) is 16.1 Å². The molecule has 2 N–H and O–H groups in total. The van der Waals surface area contributed by atoms with Gasteiger partial charge in [0, 0.05) is 33.3 Å². The smallest absolute Gasteiger partial charge is 0.335 e. The number of carboxylic acids is 1. The first-order valence-corrected chi connectivity index (χ1v) is 8.25. The number of nitrogens with one attached hydrogen (secondary N) is 1. The van der Waals surface area contributed by atoms with Crippen LogP contribution in [0, 0.1) is 0 Å². The van der Waals surface area contributed by atoms with Crippen molar-refractivity contribution in [2.75, 3.05) is 5.32 Å². The van der Waals surface area contributed by atoms with Gasteiger partial charge in [-0.15, -0.1) is 0 Å². The van der Waals surface area contributed by atoms with Gasteiger partial charge in [-0.25, -0.2) is 4.79 Å². The zero-order valence-electron chi connectivity index (χ0n) is 13.5. The van der Waals surface area contributed by atoms with Crippen molar-refractivity contribution in [2.45, 2.75) is 0 Å². The molecule has 3 nitrogen and oxygen atoms in total. The van der Waals surface area contributed by atoms with Crippen LogP contribution < -0.4 is 5.32 Å². The molecule has 0 unspecified atom stereocenters. The second kappa shape index (κ2) is 11.4. The van der Waals surface area contributed by atoms with Gasteiger partial charge < -0.3 is 10.4 Å². The van der Waals surface area contributed by atoms with Crippen LogP contribution in [0.2, 0.25) is 5.02 Å². The SMILES string of the molecule is O=C(O)c1ccc(Cl)cc1.S=C(Nc1ccccc1)c1ccccc1.[Cu]. The Balaban J connectivity index is 0.000000270. The second-order valence-corrected chi connectivity index (χ2v) is 5.84. The number of rotatable bonds is 3. The molecule has 0 heterocycles. The Hall–Kier alpha value is -2.17. The molecule has 0 aliphatic heterocycles. The summed E-state index contributed by atoms with van der Waals surface area (Å²) in [6.45, 7) is 0. The van der Waals surface area contributed by atoms with Crippen LogP contribution in [0.1, 0.15) is 15.9 Å². The van der Waals surface area contributed by atoms with Crippen LogP contribution in [0.5, 0.6) is 0 Å². The predicted molar refractivity (Wildman–Crippen MR) is 107 cm³/mol. The Kier molecular flexibility index (Phi) is 9.63. The third-order valence-corrected chi connectivity index (χ3v) is 3.75. The van der Waals surface area contributed by atoms with Gasteiger partial charge in [-0.05, 0) is 36.4 Å². The van der Waals surface area contributed by atoms with Crippen molar-refractivity contribution in [1.29, 1.82) is 0 Å². The maximum Gasteiger partial charge on any atom is 0.335 e. The summed E-state index contributed by atoms with van der Waals surface area (Å²) in [5.74, 6) is -0.934. The molecular weight excluding hydrogens is 417 g/mol. The van der Waals surface area contributed by atoms with E-state index in [-0.39, 0.29) is 22.6 Å². The minimum Gasteiger partial charge on any atom is -0.478 e. The monoisotopic (exact) mass is 432 g/mol. The molecule has 3 rings (SSSR count). The third-order valence-electron chi connectivity index (χ3n) is 3.16. The standard InChI is InChI=1S/C13H11NS.C7H5ClO2.Cu/c15-13(11-7-3-1-4-8-11)14-12-9-5-2-6-10-12;8-6-3-1-5(2-4-6)7(9)10;/h1-10H,(H,14,15);1-4H,(H,9,10);. The van der Waals surface area contributed by atoms with Crippen LogP contribution >= 0.6 is 23.8 Å². The molecule has 0 amide bonds. The largest absolute Gasteiger partial charge is 0.478 e. The molecule has 0 fully saturated rings. The zero-order chi connectivity index (χ0) is 18.1. The number of anilines is 1. The maximum atomic E-state index is 10.3. The number of para-hydroxylation sites is 1. The van der Waals surface area contributed by atoms with Crippen LogP contribution in [0.4, 0.5) is 5.69 Å². The van der Waals surface area contributed by atoms with E-state index in [9.17, 15) is 4.79 Å². The number of halogens is 1. The summed E-state index contributed by atoms with van der Waals surface area (Å²) in [6.07, 6.45) is 0. The molecule has 0 aliphatic carbocycles. The molecule has 3 aromatic rings. The van der Waals surface area contributed by atoms with E-state index < -0.39 is 5.97 Å². The number of carbonyl (C=O) groups is 1. The molecule has 6 heteroatoms. The molecule has 0 atom stereocenters. The normalized spacial score (nSPS) is 9.12. The summed E-state index contributed by atoms with van der Waals surface area (Å²) in [5.41, 5.74) is 2.31. The van der Waals surface area contributed by atoms with Gasteiger partial charge in [-0.1, -0.05) is 72.3 Å². The van der Waals surface area contributed by atoms with Gasteiger partial charge in [0.15, 0.2) is 0 Å². The Labute approximate surface area is 173 Å². The number of benzene rings is 3. The number of carboxylic acid groups (broad SMARTS) is 1. The first kappa shape index (κ1) is 21.9. The first-order chi connectivity index (χ1) is 12.1. The summed E-state index contributed by atoms with van der Waals surface area (Å²) in [4.78, 5) is 11.0. The van der Waals surface area contributed by atoms with Gasteiger partial charge >= 0.3 is 5.97 Å². The van der Waals surface area contributed by atoms with Crippen molar-refractivity contribution >= 4 is 40.5 Å². The van der Waals surface area contributed by atoms with Crippen molar-refractivity contribution in [3.63, 3.8) is 0 Å². The Morgan fingerprint density at radius 3 is 1.81 bits per heavy atom. The Bertz CT molecular complexity index is 827. The average molecular weight is 433 g/mol. The van der Waals surface area contributed by atoms with Crippen molar-refractivity contribution < 1.29 is 27.0 Å². The fourth-order valence-electron chi connectivity index (χ4n) is 1.91. The van der Waals surface area contributed by atoms with Gasteiger partial charge in [-0.2, -0.15) is 0 Å². The van der Waals surface area contributed by atoms with E-state index in [0.29, 0.717) is 5.02 Å². The van der Waals surface area contributed by atoms with Crippen molar-refractivity contribution in [1.82, 2.24) is 0 Å². The van der Waals surface area contributed by atoms with Gasteiger partial charge in [-0.3, -0.25) is 0 Å². The van der Waals surface area contributed by atoms with Crippen LogP contribution in [0.3, 0.4) is 0 Å². The molecule has 26 heavy (non-hydrogen) atoms. The van der Waals surface area contributed by atoms with Crippen LogP contribution in [0.25, 0.3) is 0 Å². The van der Waals surface area contributed by atoms with E-state index in [1.165, 1.54) is 12.1 Å². The van der Waals surface area contributed by atoms with Gasteiger partial charge in [0.2, 0.25) is 0 Å². The Morgan fingerprint density at radius 1 is 0.808 bits per heavy atom. The molecule has 0 saturated heterocycles. The fraction of sp³-hybridized carbons (Fsp3) is 0. The third kappa shape index (κ3) is 7.38. The van der Waals surface area contributed by atoms with Gasteiger partial charge in [0.25, 0.3) is 0 Å². The van der Waals surface area contributed by atoms with Crippen molar-refractivity contribution in [3.05, 3.63) is 101 Å². The molecule has 0 saturated carbocycles. The quantitative estimate of drug-likeness (QED) is 0.423. The summed E-state index contributed by atoms with van der Waals surface area (Å²) >= 11 is 10.8.